The molecule has 0 aliphatic rings. The number of H-pyrrole nitrogens is 1. The first-order valence-electron chi connectivity index (χ1n) is 5.23. The quantitative estimate of drug-likeness (QED) is 0.680. The maximum atomic E-state index is 12.1. The standard InChI is InChI=1S/C12H10N4O/c1-16-11(9-5-3-6-13-9)15-8-4-2-7-14-10(8)12(16)17/h2-7,13H,1H3. The Morgan fingerprint density at radius 2 is 2.18 bits per heavy atom. The molecule has 0 aliphatic carbocycles. The van der Waals surface area contributed by atoms with Crippen molar-refractivity contribution in [2.24, 2.45) is 7.05 Å². The van der Waals surface area contributed by atoms with Gasteiger partial charge in [-0.25, -0.2) is 9.97 Å². The Morgan fingerprint density at radius 1 is 1.29 bits per heavy atom. The van der Waals surface area contributed by atoms with Crippen LogP contribution in [-0.4, -0.2) is 19.5 Å². The minimum atomic E-state index is -0.139. The van der Waals surface area contributed by atoms with E-state index in [4.69, 9.17) is 0 Å². The summed E-state index contributed by atoms with van der Waals surface area (Å²) in [5, 5.41) is 0. The molecule has 5 heteroatoms. The molecule has 0 spiro atoms. The highest BCUT2D eigenvalue weighted by Crippen LogP contribution is 2.14. The zero-order valence-corrected chi connectivity index (χ0v) is 9.21. The van der Waals surface area contributed by atoms with Crippen LogP contribution in [0.4, 0.5) is 0 Å². The van der Waals surface area contributed by atoms with E-state index in [1.165, 1.54) is 4.57 Å². The van der Waals surface area contributed by atoms with E-state index in [0.29, 0.717) is 16.9 Å². The predicted octanol–water partition coefficient (Wildman–Crippen LogP) is 1.32. The lowest BCUT2D eigenvalue weighted by Crippen LogP contribution is -2.21. The molecule has 1 N–H and O–H groups in total. The van der Waals surface area contributed by atoms with E-state index in [9.17, 15) is 4.79 Å². The van der Waals surface area contributed by atoms with Gasteiger partial charge in [0.05, 0.1) is 11.2 Å². The average Bonchev–Trinajstić information content (AvgIpc) is 2.87. The first-order chi connectivity index (χ1) is 8.27. The van der Waals surface area contributed by atoms with Gasteiger partial charge < -0.3 is 4.98 Å². The van der Waals surface area contributed by atoms with Crippen molar-refractivity contribution >= 4 is 11.0 Å². The van der Waals surface area contributed by atoms with Crippen molar-refractivity contribution in [2.45, 2.75) is 0 Å². The van der Waals surface area contributed by atoms with Crippen LogP contribution in [0.2, 0.25) is 0 Å². The van der Waals surface area contributed by atoms with Crippen LogP contribution in [0.3, 0.4) is 0 Å². The zero-order chi connectivity index (χ0) is 11.8. The number of fused-ring (bicyclic) bond motifs is 1. The first kappa shape index (κ1) is 9.77. The Balaban J connectivity index is 2.42. The normalized spacial score (nSPS) is 10.9. The summed E-state index contributed by atoms with van der Waals surface area (Å²) in [4.78, 5) is 23.6. The minimum Gasteiger partial charge on any atom is -0.359 e. The number of hydrogen-bond acceptors (Lipinski definition) is 3. The lowest BCUT2D eigenvalue weighted by molar-refractivity contribution is 0.847. The largest absolute Gasteiger partial charge is 0.359 e. The molecule has 0 radical (unpaired) electrons. The molecule has 3 rings (SSSR count). The molecule has 0 saturated carbocycles. The fourth-order valence-corrected chi connectivity index (χ4v) is 1.81. The summed E-state index contributed by atoms with van der Waals surface area (Å²) < 4.78 is 1.50. The number of aromatic nitrogens is 4. The Bertz CT molecular complexity index is 728. The molecule has 0 aromatic carbocycles. The van der Waals surface area contributed by atoms with Crippen LogP contribution in [0.1, 0.15) is 0 Å². The van der Waals surface area contributed by atoms with Gasteiger partial charge in [-0.3, -0.25) is 9.36 Å². The van der Waals surface area contributed by atoms with Crippen LogP contribution < -0.4 is 5.56 Å². The van der Waals surface area contributed by atoms with Crippen LogP contribution in [0.5, 0.6) is 0 Å². The van der Waals surface area contributed by atoms with Gasteiger partial charge in [0.2, 0.25) is 0 Å². The van der Waals surface area contributed by atoms with Gasteiger partial charge in [0.15, 0.2) is 11.3 Å². The number of rotatable bonds is 1. The topological polar surface area (TPSA) is 63.6 Å². The van der Waals surface area contributed by atoms with Crippen molar-refractivity contribution in [1.29, 1.82) is 0 Å². The Kier molecular flexibility index (Phi) is 2.04. The van der Waals surface area contributed by atoms with Crippen molar-refractivity contribution in [2.75, 3.05) is 0 Å². The van der Waals surface area contributed by atoms with Crippen LogP contribution in [0.15, 0.2) is 41.5 Å². The Hall–Kier alpha value is -2.43. The fraction of sp³-hybridized carbons (Fsp3) is 0.0833. The van der Waals surface area contributed by atoms with E-state index in [1.54, 1.807) is 31.6 Å². The molecular formula is C12H10N4O. The summed E-state index contributed by atoms with van der Waals surface area (Å²) in [6.07, 6.45) is 3.40. The van der Waals surface area contributed by atoms with E-state index in [1.807, 2.05) is 12.1 Å². The van der Waals surface area contributed by atoms with Crippen molar-refractivity contribution in [3.05, 3.63) is 47.0 Å². The highest BCUT2D eigenvalue weighted by Gasteiger charge is 2.10. The van der Waals surface area contributed by atoms with E-state index in [0.717, 1.165) is 5.69 Å². The third kappa shape index (κ3) is 1.44. The first-order valence-corrected chi connectivity index (χ1v) is 5.23. The van der Waals surface area contributed by atoms with Gasteiger partial charge in [0.1, 0.15) is 0 Å². The van der Waals surface area contributed by atoms with E-state index in [-0.39, 0.29) is 5.56 Å². The molecule has 0 amide bonds. The van der Waals surface area contributed by atoms with Gasteiger partial charge in [0.25, 0.3) is 5.56 Å². The molecule has 0 saturated heterocycles. The van der Waals surface area contributed by atoms with Crippen LogP contribution >= 0.6 is 0 Å². The molecule has 0 bridgehead atoms. The molecule has 84 valence electrons. The molecule has 0 atom stereocenters. The van der Waals surface area contributed by atoms with E-state index >= 15 is 0 Å². The maximum absolute atomic E-state index is 12.1. The highest BCUT2D eigenvalue weighted by molar-refractivity contribution is 5.74. The molecule has 0 unspecified atom stereocenters. The maximum Gasteiger partial charge on any atom is 0.280 e. The molecule has 3 heterocycles. The molecule has 3 aromatic heterocycles. The van der Waals surface area contributed by atoms with Crippen molar-refractivity contribution in [3.8, 4) is 11.5 Å². The van der Waals surface area contributed by atoms with Crippen molar-refractivity contribution in [3.63, 3.8) is 0 Å². The smallest absolute Gasteiger partial charge is 0.280 e. The van der Waals surface area contributed by atoms with Gasteiger partial charge >= 0.3 is 0 Å². The van der Waals surface area contributed by atoms with Gasteiger partial charge in [-0.05, 0) is 24.3 Å². The van der Waals surface area contributed by atoms with Crippen molar-refractivity contribution < 1.29 is 0 Å². The molecule has 0 fully saturated rings. The highest BCUT2D eigenvalue weighted by atomic mass is 16.1. The van der Waals surface area contributed by atoms with Gasteiger partial charge in [-0.2, -0.15) is 0 Å². The Morgan fingerprint density at radius 3 is 2.94 bits per heavy atom. The summed E-state index contributed by atoms with van der Waals surface area (Å²) in [6.45, 7) is 0. The number of nitrogens with zero attached hydrogens (tertiary/aromatic N) is 3. The van der Waals surface area contributed by atoms with Crippen LogP contribution in [0, 0.1) is 0 Å². The summed E-state index contributed by atoms with van der Waals surface area (Å²) >= 11 is 0. The third-order valence-electron chi connectivity index (χ3n) is 2.68. The summed E-state index contributed by atoms with van der Waals surface area (Å²) in [5.41, 5.74) is 1.68. The third-order valence-corrected chi connectivity index (χ3v) is 2.68. The average molecular weight is 226 g/mol. The fourth-order valence-electron chi connectivity index (χ4n) is 1.81. The second-order valence-electron chi connectivity index (χ2n) is 3.75. The Labute approximate surface area is 96.8 Å². The number of hydrogen-bond donors (Lipinski definition) is 1. The molecule has 17 heavy (non-hydrogen) atoms. The van der Waals surface area contributed by atoms with Gasteiger partial charge in [0, 0.05) is 19.4 Å². The van der Waals surface area contributed by atoms with E-state index < -0.39 is 0 Å². The molecule has 5 nitrogen and oxygen atoms in total. The van der Waals surface area contributed by atoms with E-state index in [2.05, 4.69) is 15.0 Å². The predicted molar refractivity (Wildman–Crippen MR) is 64.6 cm³/mol. The zero-order valence-electron chi connectivity index (χ0n) is 9.21. The molecule has 3 aromatic rings. The van der Waals surface area contributed by atoms with Crippen LogP contribution in [0.25, 0.3) is 22.6 Å². The number of pyridine rings is 1. The second-order valence-corrected chi connectivity index (χ2v) is 3.75. The van der Waals surface area contributed by atoms with Gasteiger partial charge in [-0.1, -0.05) is 0 Å². The van der Waals surface area contributed by atoms with Crippen molar-refractivity contribution in [1.82, 2.24) is 19.5 Å². The second kappa shape index (κ2) is 3.55. The minimum absolute atomic E-state index is 0.139. The number of nitrogens with one attached hydrogen (secondary N) is 1. The molecule has 0 aliphatic heterocycles. The summed E-state index contributed by atoms with van der Waals surface area (Å²) in [6, 6.07) is 7.31. The van der Waals surface area contributed by atoms with Crippen LogP contribution in [-0.2, 0) is 7.05 Å². The monoisotopic (exact) mass is 226 g/mol. The summed E-state index contributed by atoms with van der Waals surface area (Å²) in [7, 11) is 1.69. The SMILES string of the molecule is Cn1c(-c2ccc[nH]2)nc2cccnc2c1=O. The lowest BCUT2D eigenvalue weighted by Gasteiger charge is -2.06. The number of aromatic amines is 1. The summed E-state index contributed by atoms with van der Waals surface area (Å²) in [5.74, 6) is 0.612. The molecular weight excluding hydrogens is 216 g/mol. The lowest BCUT2D eigenvalue weighted by atomic mass is 10.3. The van der Waals surface area contributed by atoms with Gasteiger partial charge in [-0.15, -0.1) is 0 Å².